The maximum Gasteiger partial charge on any atom is 1.00 e. The number of hydrogen-bond acceptors (Lipinski definition) is 6. The molecule has 0 rings (SSSR count). The van der Waals surface area contributed by atoms with E-state index in [1.807, 2.05) is 6.92 Å². The van der Waals surface area contributed by atoms with Gasteiger partial charge >= 0.3 is 80.9 Å². The summed E-state index contributed by atoms with van der Waals surface area (Å²) in [6.45, 7) is 6.31. The van der Waals surface area contributed by atoms with Crippen LogP contribution in [0.4, 0.5) is 0 Å². The molecule has 0 aliphatic rings. The first-order valence-corrected chi connectivity index (χ1v) is 13.9. The molecule has 0 fully saturated rings. The standard InChI is InChI=1S/C16H32O2.C8H18O4S.K.Na/c1-2-3-4-5-6-7-8-9-10-11-12-13-14-15-16(17)18;1-3-5-6-8(4-2)7-12-13(9,10)11;;/h2-15H2,1H3,(H,17,18);8H,3-7H2,1-2H3,(H,9,10,11);;/q;;2*+1/p-2. The summed E-state index contributed by atoms with van der Waals surface area (Å²) in [6.07, 6.45) is 20.8. The molecule has 0 spiro atoms. The molecule has 0 aromatic rings. The summed E-state index contributed by atoms with van der Waals surface area (Å²) in [5, 5.41) is 10.2. The van der Waals surface area contributed by atoms with Crippen molar-refractivity contribution in [3.05, 3.63) is 0 Å². The maximum atomic E-state index is 10.2. The molecule has 0 radical (unpaired) electrons. The maximum absolute atomic E-state index is 10.2. The van der Waals surface area contributed by atoms with Gasteiger partial charge in [0.15, 0.2) is 0 Å². The summed E-state index contributed by atoms with van der Waals surface area (Å²) < 4.78 is 34.6. The Morgan fingerprint density at radius 3 is 1.48 bits per heavy atom. The molecule has 0 aromatic carbocycles. The van der Waals surface area contributed by atoms with E-state index in [0.717, 1.165) is 38.5 Å². The van der Waals surface area contributed by atoms with E-state index in [2.05, 4.69) is 18.0 Å². The Balaban J connectivity index is -0.000000251. The van der Waals surface area contributed by atoms with Crippen LogP contribution in [0.15, 0.2) is 0 Å². The zero-order valence-corrected chi connectivity index (χ0v) is 28.3. The molecule has 9 heteroatoms. The van der Waals surface area contributed by atoms with Crippen LogP contribution in [0.5, 0.6) is 0 Å². The SMILES string of the molecule is CCCCC(CC)COS(=O)(=O)[O-].CCCCCCCCCCCCCCCC(=O)[O-].[K+].[Na+]. The van der Waals surface area contributed by atoms with Crippen molar-refractivity contribution in [2.45, 2.75) is 136 Å². The van der Waals surface area contributed by atoms with Crippen LogP contribution >= 0.6 is 0 Å². The van der Waals surface area contributed by atoms with Crippen LogP contribution in [0.1, 0.15) is 136 Å². The van der Waals surface area contributed by atoms with Gasteiger partial charge in [0.2, 0.25) is 10.4 Å². The number of rotatable bonds is 21. The Morgan fingerprint density at radius 1 is 0.758 bits per heavy atom. The van der Waals surface area contributed by atoms with Crippen molar-refractivity contribution in [3.63, 3.8) is 0 Å². The van der Waals surface area contributed by atoms with Gasteiger partial charge in [-0.25, -0.2) is 8.42 Å². The summed E-state index contributed by atoms with van der Waals surface area (Å²) in [5.74, 6) is -0.721. The van der Waals surface area contributed by atoms with Crippen LogP contribution in [0.3, 0.4) is 0 Å². The van der Waals surface area contributed by atoms with E-state index in [4.69, 9.17) is 0 Å². The van der Waals surface area contributed by atoms with Crippen molar-refractivity contribution in [2.75, 3.05) is 6.61 Å². The molecule has 1 atom stereocenters. The summed E-state index contributed by atoms with van der Waals surface area (Å²) in [5.41, 5.74) is 0. The molecule has 0 heterocycles. The van der Waals surface area contributed by atoms with E-state index in [9.17, 15) is 22.9 Å². The van der Waals surface area contributed by atoms with E-state index in [0.29, 0.717) is 0 Å². The van der Waals surface area contributed by atoms with Gasteiger partial charge in [-0.2, -0.15) is 0 Å². The fourth-order valence-corrected chi connectivity index (χ4v) is 3.72. The average Bonchev–Trinajstić information content (AvgIpc) is 2.71. The number of carboxylic acid groups (broad SMARTS) is 1. The molecule has 0 aliphatic heterocycles. The second kappa shape index (κ2) is 32.0. The fraction of sp³-hybridized carbons (Fsp3) is 0.958. The molecule has 6 nitrogen and oxygen atoms in total. The smallest absolute Gasteiger partial charge is 0.726 e. The first-order chi connectivity index (χ1) is 14.8. The zero-order chi connectivity index (χ0) is 23.8. The van der Waals surface area contributed by atoms with Gasteiger partial charge in [-0.1, -0.05) is 117 Å². The van der Waals surface area contributed by atoms with Crippen molar-refractivity contribution in [1.29, 1.82) is 0 Å². The molecular formula is C24H48KNaO6S. The van der Waals surface area contributed by atoms with Crippen molar-refractivity contribution < 1.29 is 108 Å². The predicted octanol–water partition coefficient (Wildman–Crippen LogP) is -0.0948. The molecule has 0 aliphatic carbocycles. The van der Waals surface area contributed by atoms with Crippen LogP contribution in [0, 0.1) is 5.92 Å². The van der Waals surface area contributed by atoms with Crippen molar-refractivity contribution in [3.8, 4) is 0 Å². The first-order valence-electron chi connectivity index (χ1n) is 12.6. The van der Waals surface area contributed by atoms with E-state index in [-0.39, 0.29) is 99.9 Å². The van der Waals surface area contributed by atoms with Gasteiger partial charge in [-0.05, 0) is 25.2 Å². The second-order valence-electron chi connectivity index (χ2n) is 8.47. The van der Waals surface area contributed by atoms with Crippen molar-refractivity contribution >= 4 is 16.4 Å². The third-order valence-corrected chi connectivity index (χ3v) is 5.90. The quantitative estimate of drug-likeness (QED) is 0.0895. The van der Waals surface area contributed by atoms with Crippen LogP contribution in [-0.2, 0) is 19.4 Å². The Labute approximate surface area is 269 Å². The van der Waals surface area contributed by atoms with E-state index < -0.39 is 16.4 Å². The van der Waals surface area contributed by atoms with Gasteiger partial charge in [-0.3, -0.25) is 4.18 Å². The molecule has 33 heavy (non-hydrogen) atoms. The Bertz CT molecular complexity index is 491. The molecule has 0 amide bonds. The number of carbonyl (C=O) groups excluding carboxylic acids is 1. The normalized spacial score (nSPS) is 11.5. The van der Waals surface area contributed by atoms with Gasteiger partial charge in [0, 0.05) is 5.97 Å². The van der Waals surface area contributed by atoms with E-state index in [1.165, 1.54) is 70.6 Å². The summed E-state index contributed by atoms with van der Waals surface area (Å²) >= 11 is 0. The van der Waals surface area contributed by atoms with Gasteiger partial charge in [0.1, 0.15) is 0 Å². The fourth-order valence-electron chi connectivity index (χ4n) is 3.36. The Hall–Kier alpha value is 1.98. The third-order valence-electron chi connectivity index (χ3n) is 5.48. The topological polar surface area (TPSA) is 107 Å². The Kier molecular flexibility index (Phi) is 40.8. The zero-order valence-electron chi connectivity index (χ0n) is 22.4. The van der Waals surface area contributed by atoms with Crippen LogP contribution < -0.4 is 86.0 Å². The van der Waals surface area contributed by atoms with E-state index in [1.54, 1.807) is 0 Å². The third kappa shape index (κ3) is 41.4. The van der Waals surface area contributed by atoms with Gasteiger partial charge in [0.25, 0.3) is 0 Å². The van der Waals surface area contributed by atoms with Crippen LogP contribution in [-0.4, -0.2) is 25.5 Å². The number of carboxylic acids is 1. The number of carbonyl (C=O) groups is 1. The molecular weight excluding hydrogens is 478 g/mol. The molecule has 188 valence electrons. The van der Waals surface area contributed by atoms with Crippen molar-refractivity contribution in [2.24, 2.45) is 5.92 Å². The van der Waals surface area contributed by atoms with E-state index >= 15 is 0 Å². The second-order valence-corrected chi connectivity index (χ2v) is 9.53. The summed E-state index contributed by atoms with van der Waals surface area (Å²) in [7, 11) is -4.50. The van der Waals surface area contributed by atoms with Crippen LogP contribution in [0.2, 0.25) is 0 Å². The summed E-state index contributed by atoms with van der Waals surface area (Å²) in [6, 6.07) is 0. The molecule has 0 aromatic heterocycles. The molecule has 0 N–H and O–H groups in total. The molecule has 0 saturated carbocycles. The minimum absolute atomic E-state index is 0. The summed E-state index contributed by atoms with van der Waals surface area (Å²) in [4.78, 5) is 10.2. The minimum Gasteiger partial charge on any atom is -0.726 e. The molecule has 1 unspecified atom stereocenters. The molecule has 0 bridgehead atoms. The van der Waals surface area contributed by atoms with Crippen molar-refractivity contribution in [1.82, 2.24) is 0 Å². The Morgan fingerprint density at radius 2 is 1.15 bits per heavy atom. The largest absolute Gasteiger partial charge is 1.00 e. The van der Waals surface area contributed by atoms with Gasteiger partial charge in [0.05, 0.1) is 6.61 Å². The van der Waals surface area contributed by atoms with Crippen LogP contribution in [0.25, 0.3) is 0 Å². The number of aliphatic carboxylic acids is 1. The minimum atomic E-state index is -4.50. The number of hydrogen-bond donors (Lipinski definition) is 0. The van der Waals surface area contributed by atoms with Gasteiger partial charge in [-0.15, -0.1) is 0 Å². The molecule has 0 saturated heterocycles. The average molecular weight is 527 g/mol. The first kappa shape index (κ1) is 42.1. The van der Waals surface area contributed by atoms with Gasteiger partial charge < -0.3 is 14.5 Å². The monoisotopic (exact) mass is 526 g/mol. The predicted molar refractivity (Wildman–Crippen MR) is 124 cm³/mol. The number of unbranched alkanes of at least 4 members (excludes halogenated alkanes) is 13.